The number of rotatable bonds is 0. The summed E-state index contributed by atoms with van der Waals surface area (Å²) in [5.74, 6) is 0. The van der Waals surface area contributed by atoms with Gasteiger partial charge in [-0.3, -0.25) is 0 Å². The minimum atomic E-state index is 0.415. The highest BCUT2D eigenvalue weighted by atomic mass is 16.5. The average Bonchev–Trinajstić information content (AvgIpc) is 2.00. The molecule has 0 amide bonds. The standard InChI is InChI=1S/C8H16O.C2H6/c1-7-8(2,3)5-4-6-9-7;1-2/h7H,4-6H2,1-3H3;1-2H3. The molecule has 1 fully saturated rings. The topological polar surface area (TPSA) is 9.23 Å². The van der Waals surface area contributed by atoms with Crippen LogP contribution in [0.25, 0.3) is 0 Å². The molecule has 1 heterocycles. The van der Waals surface area contributed by atoms with Crippen LogP contribution in [0, 0.1) is 5.41 Å². The van der Waals surface area contributed by atoms with E-state index in [1.165, 1.54) is 12.8 Å². The van der Waals surface area contributed by atoms with Crippen LogP contribution >= 0.6 is 0 Å². The molecule has 1 saturated heterocycles. The summed E-state index contributed by atoms with van der Waals surface area (Å²) in [6.07, 6.45) is 3.00. The van der Waals surface area contributed by atoms with Crippen LogP contribution in [0.2, 0.25) is 0 Å². The lowest BCUT2D eigenvalue weighted by atomic mass is 9.81. The first-order valence-electron chi connectivity index (χ1n) is 4.74. The molecule has 1 atom stereocenters. The van der Waals surface area contributed by atoms with Crippen LogP contribution in [0.5, 0.6) is 0 Å². The van der Waals surface area contributed by atoms with Crippen molar-refractivity contribution < 1.29 is 4.74 Å². The zero-order chi connectivity index (χ0) is 8.91. The molecule has 0 saturated carbocycles. The van der Waals surface area contributed by atoms with Crippen LogP contribution in [-0.4, -0.2) is 12.7 Å². The molecule has 68 valence electrons. The smallest absolute Gasteiger partial charge is 0.0597 e. The lowest BCUT2D eigenvalue weighted by molar-refractivity contribution is -0.0557. The molecule has 1 aliphatic rings. The molecule has 0 bridgehead atoms. The van der Waals surface area contributed by atoms with Gasteiger partial charge in [-0.05, 0) is 25.2 Å². The van der Waals surface area contributed by atoms with Gasteiger partial charge in [0.25, 0.3) is 0 Å². The Hall–Kier alpha value is -0.0400. The molecule has 1 unspecified atom stereocenters. The summed E-state index contributed by atoms with van der Waals surface area (Å²) in [6, 6.07) is 0. The fourth-order valence-corrected chi connectivity index (χ4v) is 1.22. The lowest BCUT2D eigenvalue weighted by Crippen LogP contribution is -2.34. The van der Waals surface area contributed by atoms with Crippen molar-refractivity contribution in [2.45, 2.75) is 53.6 Å². The molecule has 0 N–H and O–H groups in total. The second-order valence-electron chi connectivity index (χ2n) is 3.61. The van der Waals surface area contributed by atoms with Crippen molar-refractivity contribution in [3.8, 4) is 0 Å². The van der Waals surface area contributed by atoms with Crippen LogP contribution in [0.4, 0.5) is 0 Å². The van der Waals surface area contributed by atoms with E-state index in [-0.39, 0.29) is 0 Å². The second kappa shape index (κ2) is 4.76. The average molecular weight is 158 g/mol. The lowest BCUT2D eigenvalue weighted by Gasteiger charge is -2.36. The van der Waals surface area contributed by atoms with Crippen LogP contribution in [-0.2, 0) is 4.74 Å². The zero-order valence-electron chi connectivity index (χ0n) is 8.61. The van der Waals surface area contributed by atoms with Crippen molar-refractivity contribution in [3.63, 3.8) is 0 Å². The maximum Gasteiger partial charge on any atom is 0.0597 e. The fourth-order valence-electron chi connectivity index (χ4n) is 1.22. The quantitative estimate of drug-likeness (QED) is 0.526. The van der Waals surface area contributed by atoms with Gasteiger partial charge >= 0.3 is 0 Å². The van der Waals surface area contributed by atoms with Crippen molar-refractivity contribution >= 4 is 0 Å². The van der Waals surface area contributed by atoms with Crippen molar-refractivity contribution in [2.24, 2.45) is 5.41 Å². The molecule has 1 aliphatic heterocycles. The highest BCUT2D eigenvalue weighted by molar-refractivity contribution is 4.78. The number of ether oxygens (including phenoxy) is 1. The summed E-state index contributed by atoms with van der Waals surface area (Å²) in [4.78, 5) is 0. The molecular formula is C10H22O. The molecule has 1 nitrogen and oxygen atoms in total. The van der Waals surface area contributed by atoms with E-state index >= 15 is 0 Å². The largest absolute Gasteiger partial charge is 0.378 e. The fraction of sp³-hybridized carbons (Fsp3) is 1.00. The predicted octanol–water partition coefficient (Wildman–Crippen LogP) is 3.24. The number of hydrogen-bond donors (Lipinski definition) is 0. The predicted molar refractivity (Wildman–Crippen MR) is 49.8 cm³/mol. The Morgan fingerprint density at radius 1 is 1.27 bits per heavy atom. The van der Waals surface area contributed by atoms with Gasteiger partial charge in [-0.15, -0.1) is 0 Å². The Bertz CT molecular complexity index is 97.0. The summed E-state index contributed by atoms with van der Waals surface area (Å²) in [5, 5.41) is 0. The van der Waals surface area contributed by atoms with Crippen molar-refractivity contribution in [1.82, 2.24) is 0 Å². The van der Waals surface area contributed by atoms with Gasteiger partial charge in [-0.25, -0.2) is 0 Å². The Morgan fingerprint density at radius 2 is 1.82 bits per heavy atom. The summed E-state index contributed by atoms with van der Waals surface area (Å²) >= 11 is 0. The summed E-state index contributed by atoms with van der Waals surface area (Å²) in [6.45, 7) is 11.7. The zero-order valence-corrected chi connectivity index (χ0v) is 8.61. The second-order valence-corrected chi connectivity index (χ2v) is 3.61. The first kappa shape index (κ1) is 11.0. The SMILES string of the molecule is CC.CC1OCCCC1(C)C. The molecule has 0 aromatic rings. The first-order chi connectivity index (χ1) is 5.13. The van der Waals surface area contributed by atoms with Gasteiger partial charge in [-0.2, -0.15) is 0 Å². The van der Waals surface area contributed by atoms with Crippen LogP contribution in [0.3, 0.4) is 0 Å². The van der Waals surface area contributed by atoms with Gasteiger partial charge in [0, 0.05) is 6.61 Å². The number of hydrogen-bond acceptors (Lipinski definition) is 1. The van der Waals surface area contributed by atoms with E-state index in [4.69, 9.17) is 4.74 Å². The van der Waals surface area contributed by atoms with Gasteiger partial charge in [0.15, 0.2) is 0 Å². The minimum Gasteiger partial charge on any atom is -0.378 e. The van der Waals surface area contributed by atoms with Crippen LogP contribution < -0.4 is 0 Å². The molecule has 1 heteroatoms. The van der Waals surface area contributed by atoms with Crippen LogP contribution in [0.1, 0.15) is 47.5 Å². The van der Waals surface area contributed by atoms with Gasteiger partial charge in [-0.1, -0.05) is 27.7 Å². The van der Waals surface area contributed by atoms with E-state index in [2.05, 4.69) is 20.8 Å². The van der Waals surface area contributed by atoms with Gasteiger partial charge < -0.3 is 4.74 Å². The molecule has 0 radical (unpaired) electrons. The molecule has 11 heavy (non-hydrogen) atoms. The maximum atomic E-state index is 5.49. The summed E-state index contributed by atoms with van der Waals surface area (Å²) in [7, 11) is 0. The summed E-state index contributed by atoms with van der Waals surface area (Å²) < 4.78 is 5.49. The highest BCUT2D eigenvalue weighted by Crippen LogP contribution is 2.32. The van der Waals surface area contributed by atoms with E-state index in [9.17, 15) is 0 Å². The van der Waals surface area contributed by atoms with Crippen molar-refractivity contribution in [1.29, 1.82) is 0 Å². The van der Waals surface area contributed by atoms with Gasteiger partial charge in [0.1, 0.15) is 0 Å². The molecule has 0 aliphatic carbocycles. The molecule has 0 aromatic carbocycles. The van der Waals surface area contributed by atoms with Gasteiger partial charge in [0.2, 0.25) is 0 Å². The third-order valence-electron chi connectivity index (χ3n) is 2.43. The van der Waals surface area contributed by atoms with Gasteiger partial charge in [0.05, 0.1) is 6.10 Å². The molecule has 1 rings (SSSR count). The Balaban J connectivity index is 0.000000461. The van der Waals surface area contributed by atoms with Crippen LogP contribution in [0.15, 0.2) is 0 Å². The van der Waals surface area contributed by atoms with E-state index in [0.29, 0.717) is 11.5 Å². The maximum absolute atomic E-state index is 5.49. The van der Waals surface area contributed by atoms with E-state index in [1.54, 1.807) is 0 Å². The van der Waals surface area contributed by atoms with E-state index in [1.807, 2.05) is 13.8 Å². The Labute approximate surface area is 71.1 Å². The highest BCUT2D eigenvalue weighted by Gasteiger charge is 2.29. The third kappa shape index (κ3) is 3.24. The Morgan fingerprint density at radius 3 is 2.09 bits per heavy atom. The van der Waals surface area contributed by atoms with E-state index < -0.39 is 0 Å². The monoisotopic (exact) mass is 158 g/mol. The van der Waals surface area contributed by atoms with Crippen molar-refractivity contribution in [2.75, 3.05) is 6.61 Å². The normalized spacial score (nSPS) is 28.6. The third-order valence-corrected chi connectivity index (χ3v) is 2.43. The first-order valence-corrected chi connectivity index (χ1v) is 4.74. The van der Waals surface area contributed by atoms with Crippen molar-refractivity contribution in [3.05, 3.63) is 0 Å². The molecular weight excluding hydrogens is 136 g/mol. The molecule has 0 spiro atoms. The molecule has 0 aromatic heterocycles. The minimum absolute atomic E-state index is 0.415. The summed E-state index contributed by atoms with van der Waals surface area (Å²) in [5.41, 5.74) is 0.415. The van der Waals surface area contributed by atoms with E-state index in [0.717, 1.165) is 6.61 Å². The Kier molecular flexibility index (Phi) is 4.74.